The van der Waals surface area contributed by atoms with Crippen LogP contribution in [0.25, 0.3) is 0 Å². The van der Waals surface area contributed by atoms with Gasteiger partial charge in [-0.2, -0.15) is 0 Å². The number of aliphatic imine (C=N–C) groups is 1. The standard InChI is InChI=1S/C18H36N6O3S.HI/c1-15(16(25)23-8-6-7-9-23)22-10-12-24(13-11-22)17(19-4)20-14-18(2,3)21-28(5,26)27;/h15,21H,6-14H2,1-5H3,(H,19,20);1H. The fraction of sp³-hybridized carbons (Fsp3) is 0.889. The zero-order valence-electron chi connectivity index (χ0n) is 18.3. The molecule has 2 saturated heterocycles. The van der Waals surface area contributed by atoms with Gasteiger partial charge in [0.05, 0.1) is 12.3 Å². The maximum Gasteiger partial charge on any atom is 0.239 e. The lowest BCUT2D eigenvalue weighted by atomic mass is 10.1. The Bertz CT molecular complexity index is 671. The lowest BCUT2D eigenvalue weighted by Gasteiger charge is -2.40. The monoisotopic (exact) mass is 544 g/mol. The smallest absolute Gasteiger partial charge is 0.239 e. The predicted octanol–water partition coefficient (Wildman–Crippen LogP) is 0.136. The highest BCUT2D eigenvalue weighted by Gasteiger charge is 2.31. The van der Waals surface area contributed by atoms with Gasteiger partial charge in [0.1, 0.15) is 0 Å². The highest BCUT2D eigenvalue weighted by Crippen LogP contribution is 2.14. The molecule has 2 fully saturated rings. The largest absolute Gasteiger partial charge is 0.354 e. The first-order chi connectivity index (χ1) is 13.0. The van der Waals surface area contributed by atoms with Crippen LogP contribution in [-0.4, -0.2) is 106 Å². The van der Waals surface area contributed by atoms with Crippen molar-refractivity contribution in [1.82, 2.24) is 24.7 Å². The van der Waals surface area contributed by atoms with Gasteiger partial charge in [0.2, 0.25) is 15.9 Å². The summed E-state index contributed by atoms with van der Waals surface area (Å²) in [6.07, 6.45) is 3.38. The molecule has 1 amide bonds. The molecule has 0 aromatic carbocycles. The Morgan fingerprint density at radius 3 is 2.10 bits per heavy atom. The molecule has 170 valence electrons. The van der Waals surface area contributed by atoms with Gasteiger partial charge in [0.15, 0.2) is 5.96 Å². The first-order valence-electron chi connectivity index (χ1n) is 10.00. The summed E-state index contributed by atoms with van der Waals surface area (Å²) >= 11 is 0. The van der Waals surface area contributed by atoms with Crippen molar-refractivity contribution >= 4 is 45.9 Å². The number of guanidine groups is 1. The van der Waals surface area contributed by atoms with E-state index in [9.17, 15) is 13.2 Å². The van der Waals surface area contributed by atoms with E-state index in [1.807, 2.05) is 25.7 Å². The Kier molecular flexibility index (Phi) is 10.1. The third-order valence-electron chi connectivity index (χ3n) is 5.30. The van der Waals surface area contributed by atoms with Crippen LogP contribution in [0.15, 0.2) is 4.99 Å². The lowest BCUT2D eigenvalue weighted by molar-refractivity contribution is -0.135. The van der Waals surface area contributed by atoms with Gasteiger partial charge >= 0.3 is 0 Å². The number of carbonyl (C=O) groups is 1. The summed E-state index contributed by atoms with van der Waals surface area (Å²) in [6.45, 7) is 11.0. The van der Waals surface area contributed by atoms with Crippen LogP contribution < -0.4 is 10.0 Å². The van der Waals surface area contributed by atoms with Crippen LogP contribution in [0.5, 0.6) is 0 Å². The predicted molar refractivity (Wildman–Crippen MR) is 127 cm³/mol. The average Bonchev–Trinajstić information content (AvgIpc) is 3.14. The van der Waals surface area contributed by atoms with Crippen molar-refractivity contribution in [2.24, 2.45) is 4.99 Å². The summed E-state index contributed by atoms with van der Waals surface area (Å²) in [6, 6.07) is -0.0897. The van der Waals surface area contributed by atoms with Gasteiger partial charge in [-0.1, -0.05) is 0 Å². The molecule has 9 nitrogen and oxygen atoms in total. The molecule has 2 heterocycles. The third kappa shape index (κ3) is 8.18. The zero-order chi connectivity index (χ0) is 20.9. The molecular formula is C18H37IN6O3S. The van der Waals surface area contributed by atoms with Crippen molar-refractivity contribution in [3.8, 4) is 0 Å². The Balaban J connectivity index is 0.00000420. The highest BCUT2D eigenvalue weighted by atomic mass is 127. The molecule has 0 saturated carbocycles. The second-order valence-corrected chi connectivity index (χ2v) is 10.1. The van der Waals surface area contributed by atoms with Crippen LogP contribution in [0.1, 0.15) is 33.6 Å². The van der Waals surface area contributed by atoms with E-state index in [1.165, 1.54) is 0 Å². The molecule has 0 bridgehead atoms. The number of likely N-dealkylation sites (tertiary alicyclic amines) is 1. The molecule has 2 N–H and O–H groups in total. The van der Waals surface area contributed by atoms with E-state index in [-0.39, 0.29) is 35.9 Å². The minimum atomic E-state index is -3.28. The Morgan fingerprint density at radius 2 is 1.62 bits per heavy atom. The molecule has 29 heavy (non-hydrogen) atoms. The van der Waals surface area contributed by atoms with Crippen molar-refractivity contribution in [2.75, 3.05) is 59.1 Å². The summed E-state index contributed by atoms with van der Waals surface area (Å²) in [5.41, 5.74) is -0.623. The van der Waals surface area contributed by atoms with Crippen LogP contribution in [-0.2, 0) is 14.8 Å². The van der Waals surface area contributed by atoms with E-state index in [4.69, 9.17) is 0 Å². The van der Waals surface area contributed by atoms with Crippen LogP contribution in [0.2, 0.25) is 0 Å². The van der Waals surface area contributed by atoms with Crippen LogP contribution in [0.3, 0.4) is 0 Å². The van der Waals surface area contributed by atoms with Crippen molar-refractivity contribution in [2.45, 2.75) is 45.2 Å². The number of rotatable bonds is 6. The quantitative estimate of drug-likeness (QED) is 0.281. The molecule has 0 aromatic heterocycles. The first-order valence-corrected chi connectivity index (χ1v) is 11.9. The van der Waals surface area contributed by atoms with Crippen LogP contribution >= 0.6 is 24.0 Å². The van der Waals surface area contributed by atoms with E-state index in [1.54, 1.807) is 7.05 Å². The topological polar surface area (TPSA) is 97.3 Å². The molecule has 11 heteroatoms. The molecule has 1 atom stereocenters. The molecule has 2 rings (SSSR count). The summed E-state index contributed by atoms with van der Waals surface area (Å²) in [5.74, 6) is 0.989. The van der Waals surface area contributed by atoms with E-state index >= 15 is 0 Å². The number of nitrogens with one attached hydrogen (secondary N) is 2. The molecule has 2 aliphatic rings. The van der Waals surface area contributed by atoms with Gasteiger partial charge in [-0.25, -0.2) is 13.1 Å². The second kappa shape index (κ2) is 11.1. The number of piperazine rings is 1. The van der Waals surface area contributed by atoms with E-state index in [0.717, 1.165) is 64.3 Å². The maximum atomic E-state index is 12.6. The van der Waals surface area contributed by atoms with Gasteiger partial charge in [-0.15, -0.1) is 24.0 Å². The third-order valence-corrected chi connectivity index (χ3v) is 6.22. The lowest BCUT2D eigenvalue weighted by Crippen LogP contribution is -2.59. The van der Waals surface area contributed by atoms with Crippen LogP contribution in [0, 0.1) is 0 Å². The van der Waals surface area contributed by atoms with Gasteiger partial charge < -0.3 is 15.1 Å². The number of amides is 1. The number of nitrogens with zero attached hydrogens (tertiary/aromatic N) is 4. The maximum absolute atomic E-state index is 12.6. The number of hydrogen-bond donors (Lipinski definition) is 2. The first kappa shape index (κ1) is 26.4. The number of halogens is 1. The molecule has 2 aliphatic heterocycles. The summed E-state index contributed by atoms with van der Waals surface area (Å²) in [7, 11) is -1.55. The van der Waals surface area contributed by atoms with Gasteiger partial charge in [-0.05, 0) is 33.6 Å². The average molecular weight is 545 g/mol. The Hall–Kier alpha value is -0.660. The fourth-order valence-corrected chi connectivity index (χ4v) is 4.93. The van der Waals surface area contributed by atoms with Gasteiger partial charge in [0.25, 0.3) is 0 Å². The molecular weight excluding hydrogens is 507 g/mol. The Labute approximate surface area is 192 Å². The molecule has 0 aromatic rings. The number of carbonyl (C=O) groups excluding carboxylic acids is 1. The minimum Gasteiger partial charge on any atom is -0.354 e. The van der Waals surface area contributed by atoms with Crippen molar-refractivity contribution in [3.63, 3.8) is 0 Å². The fourth-order valence-electron chi connectivity index (χ4n) is 3.85. The highest BCUT2D eigenvalue weighted by molar-refractivity contribution is 14.0. The molecule has 1 unspecified atom stereocenters. The second-order valence-electron chi connectivity index (χ2n) is 8.39. The van der Waals surface area contributed by atoms with Crippen molar-refractivity contribution in [1.29, 1.82) is 0 Å². The summed E-state index contributed by atoms with van der Waals surface area (Å²) in [4.78, 5) is 23.3. The summed E-state index contributed by atoms with van der Waals surface area (Å²) in [5, 5.41) is 3.27. The van der Waals surface area contributed by atoms with E-state index in [2.05, 4.69) is 24.8 Å². The SMILES string of the molecule is CN=C(NCC(C)(C)NS(C)(=O)=O)N1CCN(C(C)C(=O)N2CCCC2)CC1.I. The molecule has 0 aliphatic carbocycles. The molecule has 0 radical (unpaired) electrons. The normalized spacial score (nSPS) is 20.4. The summed E-state index contributed by atoms with van der Waals surface area (Å²) < 4.78 is 25.6. The number of hydrogen-bond acceptors (Lipinski definition) is 5. The van der Waals surface area contributed by atoms with Gasteiger partial charge in [-0.3, -0.25) is 14.7 Å². The van der Waals surface area contributed by atoms with E-state index < -0.39 is 15.6 Å². The van der Waals surface area contributed by atoms with Crippen LogP contribution in [0.4, 0.5) is 0 Å². The minimum absolute atomic E-state index is 0. The van der Waals surface area contributed by atoms with E-state index in [0.29, 0.717) is 6.54 Å². The van der Waals surface area contributed by atoms with Gasteiger partial charge in [0, 0.05) is 58.4 Å². The molecule has 0 spiro atoms. The number of sulfonamides is 1. The zero-order valence-corrected chi connectivity index (χ0v) is 21.4. The van der Waals surface area contributed by atoms with Crippen molar-refractivity contribution < 1.29 is 13.2 Å². The van der Waals surface area contributed by atoms with Crippen molar-refractivity contribution in [3.05, 3.63) is 0 Å². The Morgan fingerprint density at radius 1 is 1.07 bits per heavy atom.